The molecule has 1 aliphatic heterocycles. The molecular weight excluding hydrogens is 258 g/mol. The second-order valence-electron chi connectivity index (χ2n) is 4.68. The van der Waals surface area contributed by atoms with Gasteiger partial charge in [-0.15, -0.1) is 0 Å². The number of aliphatic imine (C=N–C) groups is 1. The highest BCUT2D eigenvalue weighted by atomic mass is 32.2. The summed E-state index contributed by atoms with van der Waals surface area (Å²) in [6.07, 6.45) is 1.76. The van der Waals surface area contributed by atoms with E-state index in [2.05, 4.69) is 10.1 Å². The van der Waals surface area contributed by atoms with Gasteiger partial charge in [0.05, 0.1) is 11.4 Å². The minimum absolute atomic E-state index is 0.0192. The number of hydrogen-bond donors (Lipinski definition) is 0. The second-order valence-corrected chi connectivity index (χ2v) is 5.63. The average Bonchev–Trinajstić information content (AvgIpc) is 2.71. The van der Waals surface area contributed by atoms with E-state index in [1.807, 2.05) is 45.0 Å². The maximum absolute atomic E-state index is 11.8. The lowest BCUT2D eigenvalue weighted by atomic mass is 10.2. The van der Waals surface area contributed by atoms with E-state index in [9.17, 15) is 4.79 Å². The van der Waals surface area contributed by atoms with Gasteiger partial charge in [0, 0.05) is 6.21 Å². The van der Waals surface area contributed by atoms with Gasteiger partial charge in [0.2, 0.25) is 0 Å². The number of carbonyl (C=O) groups is 1. The molecule has 5 heteroatoms. The lowest BCUT2D eigenvalue weighted by Gasteiger charge is -2.10. The molecule has 1 fully saturated rings. The van der Waals surface area contributed by atoms with E-state index >= 15 is 0 Å². The van der Waals surface area contributed by atoms with Gasteiger partial charge in [0.25, 0.3) is 5.91 Å². The highest BCUT2D eigenvalue weighted by Gasteiger charge is 2.28. The molecule has 0 radical (unpaired) electrons. The van der Waals surface area contributed by atoms with Crippen molar-refractivity contribution in [1.29, 1.82) is 0 Å². The van der Waals surface area contributed by atoms with Crippen LogP contribution in [0, 0.1) is 12.8 Å². The standard InChI is InChI=1S/C14H17N3OS/c1-10(2)8-15-17-13(18)9-19-14(17)16-12-7-5-4-6-11(12)3/h4-8,10H,9H2,1-3H3/b15-8+,16-14+. The van der Waals surface area contributed by atoms with E-state index in [-0.39, 0.29) is 5.91 Å². The van der Waals surface area contributed by atoms with Crippen LogP contribution in [0.5, 0.6) is 0 Å². The van der Waals surface area contributed by atoms with Gasteiger partial charge in [0.15, 0.2) is 5.17 Å². The van der Waals surface area contributed by atoms with E-state index in [4.69, 9.17) is 0 Å². The number of amidine groups is 1. The Morgan fingerprint density at radius 1 is 1.37 bits per heavy atom. The molecule has 0 aromatic heterocycles. The molecule has 0 N–H and O–H groups in total. The predicted molar refractivity (Wildman–Crippen MR) is 80.9 cm³/mol. The first-order valence-electron chi connectivity index (χ1n) is 6.22. The highest BCUT2D eigenvalue weighted by Crippen LogP contribution is 2.25. The summed E-state index contributed by atoms with van der Waals surface area (Å²) in [6, 6.07) is 7.86. The van der Waals surface area contributed by atoms with Crippen molar-refractivity contribution in [3.05, 3.63) is 29.8 Å². The third-order valence-corrected chi connectivity index (χ3v) is 3.47. The van der Waals surface area contributed by atoms with Crippen molar-refractivity contribution in [3.63, 3.8) is 0 Å². The van der Waals surface area contributed by atoms with Gasteiger partial charge in [-0.1, -0.05) is 43.8 Å². The summed E-state index contributed by atoms with van der Waals surface area (Å²) in [6.45, 7) is 6.05. The molecule has 0 spiro atoms. The first-order chi connectivity index (χ1) is 9.08. The zero-order valence-electron chi connectivity index (χ0n) is 11.3. The van der Waals surface area contributed by atoms with E-state index in [0.29, 0.717) is 16.8 Å². The van der Waals surface area contributed by atoms with E-state index in [0.717, 1.165) is 11.3 Å². The highest BCUT2D eigenvalue weighted by molar-refractivity contribution is 8.15. The van der Waals surface area contributed by atoms with Crippen molar-refractivity contribution in [3.8, 4) is 0 Å². The summed E-state index contributed by atoms with van der Waals surface area (Å²) in [5, 5.41) is 6.27. The monoisotopic (exact) mass is 275 g/mol. The molecule has 2 rings (SSSR count). The smallest absolute Gasteiger partial charge is 0.259 e. The van der Waals surface area contributed by atoms with Crippen LogP contribution in [0.2, 0.25) is 0 Å². The van der Waals surface area contributed by atoms with Gasteiger partial charge in [0.1, 0.15) is 0 Å². The third kappa shape index (κ3) is 3.44. The molecule has 1 aliphatic rings. The number of thioether (sulfide) groups is 1. The molecule has 0 aliphatic carbocycles. The second kappa shape index (κ2) is 6.02. The van der Waals surface area contributed by atoms with Crippen molar-refractivity contribution in [2.45, 2.75) is 20.8 Å². The number of hydrazone groups is 1. The maximum atomic E-state index is 11.8. The summed E-state index contributed by atoms with van der Waals surface area (Å²) in [5.74, 6) is 0.688. The van der Waals surface area contributed by atoms with Gasteiger partial charge in [-0.2, -0.15) is 10.1 Å². The Balaban J connectivity index is 2.28. The van der Waals surface area contributed by atoms with Crippen LogP contribution in [-0.2, 0) is 4.79 Å². The van der Waals surface area contributed by atoms with Crippen LogP contribution in [0.4, 0.5) is 5.69 Å². The largest absolute Gasteiger partial charge is 0.271 e. The Kier molecular flexibility index (Phi) is 4.37. The molecule has 1 aromatic carbocycles. The quantitative estimate of drug-likeness (QED) is 0.795. The van der Waals surface area contributed by atoms with Crippen molar-refractivity contribution in [2.24, 2.45) is 16.0 Å². The minimum atomic E-state index is -0.0192. The van der Waals surface area contributed by atoms with Gasteiger partial charge in [-0.3, -0.25) is 4.79 Å². The van der Waals surface area contributed by atoms with Crippen LogP contribution in [0.3, 0.4) is 0 Å². The zero-order valence-corrected chi connectivity index (χ0v) is 12.1. The summed E-state index contributed by atoms with van der Waals surface area (Å²) < 4.78 is 0. The van der Waals surface area contributed by atoms with Crippen molar-refractivity contribution >= 4 is 34.7 Å². The number of rotatable bonds is 3. The SMILES string of the molecule is Cc1ccccc1/N=C1/SCC(=O)N1/N=C/C(C)C. The fourth-order valence-corrected chi connectivity index (χ4v) is 2.35. The lowest BCUT2D eigenvalue weighted by Crippen LogP contribution is -2.24. The number of para-hydroxylation sites is 1. The predicted octanol–water partition coefficient (Wildman–Crippen LogP) is 3.20. The summed E-state index contributed by atoms with van der Waals surface area (Å²) in [4.78, 5) is 16.3. The number of nitrogens with zero attached hydrogens (tertiary/aromatic N) is 3. The zero-order chi connectivity index (χ0) is 13.8. The molecule has 19 heavy (non-hydrogen) atoms. The fraction of sp³-hybridized carbons (Fsp3) is 0.357. The Morgan fingerprint density at radius 3 is 2.79 bits per heavy atom. The maximum Gasteiger partial charge on any atom is 0.259 e. The lowest BCUT2D eigenvalue weighted by molar-refractivity contribution is -0.124. The number of hydrogen-bond acceptors (Lipinski definition) is 4. The van der Waals surface area contributed by atoms with Crippen LogP contribution >= 0.6 is 11.8 Å². The number of amides is 1. The molecule has 0 bridgehead atoms. The average molecular weight is 275 g/mol. The molecule has 1 amide bonds. The topological polar surface area (TPSA) is 45.0 Å². The summed E-state index contributed by atoms with van der Waals surface area (Å²) in [5.41, 5.74) is 1.96. The van der Waals surface area contributed by atoms with Crippen molar-refractivity contribution in [1.82, 2.24) is 5.01 Å². The molecule has 1 heterocycles. The minimum Gasteiger partial charge on any atom is -0.271 e. The molecule has 4 nitrogen and oxygen atoms in total. The first kappa shape index (κ1) is 13.8. The first-order valence-corrected chi connectivity index (χ1v) is 7.20. The Morgan fingerprint density at radius 2 is 2.11 bits per heavy atom. The molecule has 0 saturated carbocycles. The Hall–Kier alpha value is -1.62. The fourth-order valence-electron chi connectivity index (χ4n) is 1.54. The molecule has 1 saturated heterocycles. The summed E-state index contributed by atoms with van der Waals surface area (Å²) in [7, 11) is 0. The van der Waals surface area contributed by atoms with Gasteiger partial charge < -0.3 is 0 Å². The van der Waals surface area contributed by atoms with E-state index in [1.165, 1.54) is 16.8 Å². The number of carbonyl (C=O) groups excluding carboxylic acids is 1. The van der Waals surface area contributed by atoms with Crippen molar-refractivity contribution < 1.29 is 4.79 Å². The van der Waals surface area contributed by atoms with Crippen LogP contribution in [0.1, 0.15) is 19.4 Å². The van der Waals surface area contributed by atoms with Gasteiger partial charge in [-0.25, -0.2) is 4.99 Å². The Bertz CT molecular complexity index is 537. The normalized spacial score (nSPS) is 18.2. The van der Waals surface area contributed by atoms with Crippen LogP contribution < -0.4 is 0 Å². The molecule has 0 unspecified atom stereocenters. The van der Waals surface area contributed by atoms with E-state index in [1.54, 1.807) is 6.21 Å². The van der Waals surface area contributed by atoms with E-state index < -0.39 is 0 Å². The van der Waals surface area contributed by atoms with Crippen molar-refractivity contribution in [2.75, 3.05) is 5.75 Å². The number of benzene rings is 1. The molecule has 1 aromatic rings. The van der Waals surface area contributed by atoms with Gasteiger partial charge in [-0.05, 0) is 24.5 Å². The van der Waals surface area contributed by atoms with Crippen LogP contribution in [0.25, 0.3) is 0 Å². The van der Waals surface area contributed by atoms with Crippen LogP contribution in [-0.4, -0.2) is 28.1 Å². The third-order valence-electron chi connectivity index (χ3n) is 2.55. The van der Waals surface area contributed by atoms with Crippen LogP contribution in [0.15, 0.2) is 34.4 Å². The van der Waals surface area contributed by atoms with Gasteiger partial charge >= 0.3 is 0 Å². The molecule has 0 atom stereocenters. The Labute approximate surface area is 117 Å². The molecular formula is C14H17N3OS. The number of aryl methyl sites for hydroxylation is 1. The summed E-state index contributed by atoms with van der Waals surface area (Å²) >= 11 is 1.43. The molecule has 100 valence electrons.